The summed E-state index contributed by atoms with van der Waals surface area (Å²) in [5.41, 5.74) is 9.84. The van der Waals surface area contributed by atoms with Gasteiger partial charge in [-0.2, -0.15) is 0 Å². The highest BCUT2D eigenvalue weighted by Gasteiger charge is 2.30. The fourth-order valence-corrected chi connectivity index (χ4v) is 5.06. The maximum atomic E-state index is 13.0. The van der Waals surface area contributed by atoms with Crippen molar-refractivity contribution in [3.05, 3.63) is 68.4 Å². The highest BCUT2D eigenvalue weighted by Crippen LogP contribution is 2.41. The number of hydrogen-bond donors (Lipinski definition) is 1. The molecule has 0 saturated carbocycles. The summed E-state index contributed by atoms with van der Waals surface area (Å²) in [6.07, 6.45) is 7.80. The van der Waals surface area contributed by atoms with E-state index in [4.69, 9.17) is 14.6 Å². The molecule has 0 saturated heterocycles. The van der Waals surface area contributed by atoms with E-state index in [2.05, 4.69) is 18.9 Å². The largest absolute Gasteiger partial charge is 0.422 e. The number of rotatable bonds is 8. The Labute approximate surface area is 198 Å². The van der Waals surface area contributed by atoms with Gasteiger partial charge in [0.2, 0.25) is 0 Å². The number of nitrogens with two attached hydrogens (primary N) is 1. The zero-order valence-corrected chi connectivity index (χ0v) is 19.8. The highest BCUT2D eigenvalue weighted by atomic mass is 16.4. The lowest BCUT2D eigenvalue weighted by Gasteiger charge is -2.19. The highest BCUT2D eigenvalue weighted by molar-refractivity contribution is 6.02. The van der Waals surface area contributed by atoms with Gasteiger partial charge in [0, 0.05) is 59.9 Å². The molecule has 0 atom stereocenters. The Bertz CT molecular complexity index is 1500. The molecule has 34 heavy (non-hydrogen) atoms. The third kappa shape index (κ3) is 3.87. The second-order valence-electron chi connectivity index (χ2n) is 9.29. The molecule has 0 fully saturated rings. The minimum Gasteiger partial charge on any atom is -0.422 e. The molecule has 0 radical (unpaired) electrons. The SMILES string of the molecule is CCCCCCCCN(C)c1ccc2c3c(c(=O)oc2c1)Cc1c-3c(=O)oc2cc(N)ccc12. The Morgan fingerprint density at radius 1 is 0.824 bits per heavy atom. The first-order valence-corrected chi connectivity index (χ1v) is 12.1. The summed E-state index contributed by atoms with van der Waals surface area (Å²) in [6, 6.07) is 11.1. The van der Waals surface area contributed by atoms with Crippen LogP contribution >= 0.6 is 0 Å². The van der Waals surface area contributed by atoms with Crippen LogP contribution in [0.2, 0.25) is 0 Å². The topological polar surface area (TPSA) is 89.7 Å². The number of nitrogens with zero attached hydrogens (tertiary/aromatic N) is 1. The van der Waals surface area contributed by atoms with Crippen molar-refractivity contribution in [2.75, 3.05) is 24.2 Å². The lowest BCUT2D eigenvalue weighted by Crippen LogP contribution is -2.18. The van der Waals surface area contributed by atoms with Gasteiger partial charge in [0.25, 0.3) is 0 Å². The quantitative estimate of drug-likeness (QED) is 0.178. The molecule has 2 heterocycles. The molecule has 176 valence electrons. The van der Waals surface area contributed by atoms with E-state index in [1.807, 2.05) is 24.3 Å². The van der Waals surface area contributed by atoms with Crippen LogP contribution in [0.15, 0.2) is 54.8 Å². The maximum absolute atomic E-state index is 13.0. The lowest BCUT2D eigenvalue weighted by molar-refractivity contribution is 0.554. The molecule has 0 unspecified atom stereocenters. The lowest BCUT2D eigenvalue weighted by atomic mass is 10.0. The van der Waals surface area contributed by atoms with E-state index < -0.39 is 11.3 Å². The van der Waals surface area contributed by atoms with Gasteiger partial charge in [-0.1, -0.05) is 39.0 Å². The van der Waals surface area contributed by atoms with E-state index in [1.54, 1.807) is 12.1 Å². The van der Waals surface area contributed by atoms with Crippen molar-refractivity contribution in [2.24, 2.45) is 0 Å². The number of nitrogen functional groups attached to an aromatic ring is 1. The van der Waals surface area contributed by atoms with E-state index in [0.717, 1.165) is 35.0 Å². The van der Waals surface area contributed by atoms with E-state index in [-0.39, 0.29) is 0 Å². The number of unbranched alkanes of at least 4 members (excludes halogenated alkanes) is 5. The molecule has 5 rings (SSSR count). The Balaban J connectivity index is 1.51. The molecule has 4 aromatic rings. The summed E-state index contributed by atoms with van der Waals surface area (Å²) in [5, 5.41) is 1.55. The van der Waals surface area contributed by atoms with Gasteiger partial charge in [-0.15, -0.1) is 0 Å². The molecular formula is C28H30N2O4. The summed E-state index contributed by atoms with van der Waals surface area (Å²) in [4.78, 5) is 28.1. The van der Waals surface area contributed by atoms with Crippen molar-refractivity contribution >= 4 is 33.3 Å². The Morgan fingerprint density at radius 3 is 2.35 bits per heavy atom. The fraction of sp³-hybridized carbons (Fsp3) is 0.357. The summed E-state index contributed by atoms with van der Waals surface area (Å²) in [7, 11) is 2.06. The van der Waals surface area contributed by atoms with E-state index in [1.165, 1.54) is 32.1 Å². The van der Waals surface area contributed by atoms with Crippen LogP contribution in [0.3, 0.4) is 0 Å². The smallest absolute Gasteiger partial charge is 0.344 e. The number of fused-ring (bicyclic) bond motifs is 7. The first kappa shape index (κ1) is 22.3. The van der Waals surface area contributed by atoms with Crippen LogP contribution in [0.4, 0.5) is 11.4 Å². The van der Waals surface area contributed by atoms with Gasteiger partial charge in [-0.25, -0.2) is 9.59 Å². The summed E-state index contributed by atoms with van der Waals surface area (Å²) in [6.45, 7) is 3.17. The monoisotopic (exact) mass is 458 g/mol. The van der Waals surface area contributed by atoms with Crippen molar-refractivity contribution < 1.29 is 8.83 Å². The molecule has 0 aliphatic heterocycles. The van der Waals surface area contributed by atoms with Gasteiger partial charge in [0.1, 0.15) is 11.2 Å². The summed E-state index contributed by atoms with van der Waals surface area (Å²) < 4.78 is 11.3. The molecule has 0 amide bonds. The van der Waals surface area contributed by atoms with E-state index in [9.17, 15) is 9.59 Å². The zero-order chi connectivity index (χ0) is 23.8. The van der Waals surface area contributed by atoms with E-state index >= 15 is 0 Å². The van der Waals surface area contributed by atoms with E-state index in [0.29, 0.717) is 40.0 Å². The van der Waals surface area contributed by atoms with Crippen LogP contribution in [0.25, 0.3) is 33.1 Å². The fourth-order valence-electron chi connectivity index (χ4n) is 5.06. The third-order valence-corrected chi connectivity index (χ3v) is 6.92. The minimum absolute atomic E-state index is 0.342. The molecule has 1 aliphatic carbocycles. The normalized spacial score (nSPS) is 12.3. The first-order valence-electron chi connectivity index (χ1n) is 12.1. The molecule has 6 heteroatoms. The van der Waals surface area contributed by atoms with Crippen LogP contribution in [-0.2, 0) is 6.42 Å². The van der Waals surface area contributed by atoms with Crippen molar-refractivity contribution in [1.29, 1.82) is 0 Å². The molecule has 2 N–H and O–H groups in total. The summed E-state index contributed by atoms with van der Waals surface area (Å²) >= 11 is 0. The van der Waals surface area contributed by atoms with Crippen molar-refractivity contribution in [3.63, 3.8) is 0 Å². The molecule has 2 aromatic carbocycles. The molecule has 6 nitrogen and oxygen atoms in total. The van der Waals surface area contributed by atoms with Crippen LogP contribution in [0, 0.1) is 0 Å². The Kier molecular flexibility index (Phi) is 5.90. The van der Waals surface area contributed by atoms with Crippen LogP contribution < -0.4 is 21.9 Å². The average Bonchev–Trinajstić information content (AvgIpc) is 3.23. The molecule has 1 aliphatic rings. The van der Waals surface area contributed by atoms with Gasteiger partial charge in [-0.3, -0.25) is 0 Å². The minimum atomic E-state index is -0.456. The molecular weight excluding hydrogens is 428 g/mol. The average molecular weight is 459 g/mol. The maximum Gasteiger partial charge on any atom is 0.344 e. The number of hydrogen-bond acceptors (Lipinski definition) is 6. The summed E-state index contributed by atoms with van der Waals surface area (Å²) in [5.74, 6) is 0. The van der Waals surface area contributed by atoms with Crippen LogP contribution in [0.5, 0.6) is 0 Å². The zero-order valence-electron chi connectivity index (χ0n) is 19.8. The van der Waals surface area contributed by atoms with Crippen LogP contribution in [0.1, 0.15) is 56.6 Å². The van der Waals surface area contributed by atoms with Gasteiger partial charge >= 0.3 is 11.3 Å². The predicted octanol–water partition coefficient (Wildman–Crippen LogP) is 5.85. The Hall–Kier alpha value is -3.54. The van der Waals surface area contributed by atoms with Gasteiger partial charge in [0.05, 0.1) is 11.1 Å². The molecule has 0 bridgehead atoms. The van der Waals surface area contributed by atoms with Crippen molar-refractivity contribution in [3.8, 4) is 11.1 Å². The Morgan fingerprint density at radius 2 is 1.53 bits per heavy atom. The van der Waals surface area contributed by atoms with Crippen molar-refractivity contribution in [1.82, 2.24) is 0 Å². The second kappa shape index (κ2) is 9.01. The first-order chi connectivity index (χ1) is 16.5. The van der Waals surface area contributed by atoms with Crippen molar-refractivity contribution in [2.45, 2.75) is 51.9 Å². The second-order valence-corrected chi connectivity index (χ2v) is 9.29. The number of benzene rings is 2. The molecule has 0 spiro atoms. The van der Waals surface area contributed by atoms with Gasteiger partial charge < -0.3 is 19.5 Å². The van der Waals surface area contributed by atoms with Gasteiger partial charge in [0.15, 0.2) is 0 Å². The standard InChI is InChI=1S/C28H30N2O4/c1-3-4-5-6-7-8-13-30(2)18-10-12-20-24(15-18)33-27(31)22-16-21-19-11-9-17(29)14-23(19)34-28(32)26(21)25(20)22/h9-12,14-15H,3-8,13,16,29H2,1-2H3. The third-order valence-electron chi connectivity index (χ3n) is 6.92. The predicted molar refractivity (Wildman–Crippen MR) is 138 cm³/mol. The molecule has 2 aromatic heterocycles. The number of anilines is 2. The van der Waals surface area contributed by atoms with Crippen LogP contribution in [-0.4, -0.2) is 13.6 Å². The van der Waals surface area contributed by atoms with Gasteiger partial charge in [-0.05, 0) is 36.2 Å².